The fourth-order valence-corrected chi connectivity index (χ4v) is 3.13. The van der Waals surface area contributed by atoms with Gasteiger partial charge < -0.3 is 10.0 Å². The van der Waals surface area contributed by atoms with Crippen LogP contribution in [0.2, 0.25) is 0 Å². The van der Waals surface area contributed by atoms with Crippen molar-refractivity contribution in [2.75, 3.05) is 7.05 Å². The molecule has 7 heteroatoms. The van der Waals surface area contributed by atoms with Gasteiger partial charge in [-0.25, -0.2) is 14.3 Å². The lowest BCUT2D eigenvalue weighted by Crippen LogP contribution is -2.40. The lowest BCUT2D eigenvalue weighted by Gasteiger charge is -2.21. The Kier molecular flexibility index (Phi) is 4.63. The second-order valence-electron chi connectivity index (χ2n) is 6.53. The van der Waals surface area contributed by atoms with Gasteiger partial charge in [0, 0.05) is 30.2 Å². The quantitative estimate of drug-likeness (QED) is 0.760. The average molecular weight is 354 g/mol. The maximum atomic E-state index is 12.3. The molecule has 3 rings (SSSR count). The van der Waals surface area contributed by atoms with Gasteiger partial charge in [0.1, 0.15) is 6.04 Å². The monoisotopic (exact) mass is 354 g/mol. The van der Waals surface area contributed by atoms with Crippen LogP contribution in [0.5, 0.6) is 0 Å². The lowest BCUT2D eigenvalue weighted by atomic mass is 10.1. The van der Waals surface area contributed by atoms with E-state index in [1.807, 2.05) is 42.6 Å². The number of aliphatic carboxylic acids is 1. The normalized spacial score (nSPS) is 12.5. The number of aromatic nitrogens is 3. The van der Waals surface area contributed by atoms with E-state index in [0.29, 0.717) is 6.42 Å². The van der Waals surface area contributed by atoms with E-state index in [0.717, 1.165) is 33.5 Å². The van der Waals surface area contributed by atoms with Gasteiger partial charge in [0.25, 0.3) is 0 Å². The second kappa shape index (κ2) is 6.74. The number of nitrogens with zero attached hydrogens (tertiary/aromatic N) is 4. The van der Waals surface area contributed by atoms with Gasteiger partial charge in [0.15, 0.2) is 5.65 Å². The molecule has 0 saturated carbocycles. The highest BCUT2D eigenvalue weighted by molar-refractivity contribution is 5.92. The van der Waals surface area contributed by atoms with Gasteiger partial charge in [0.05, 0.1) is 5.52 Å². The van der Waals surface area contributed by atoms with E-state index in [2.05, 4.69) is 5.10 Å². The predicted octanol–water partition coefficient (Wildman–Crippen LogP) is 2.36. The molecule has 1 unspecified atom stereocenters. The Morgan fingerprint density at radius 2 is 1.96 bits per heavy atom. The number of likely N-dealkylation sites (N-methyl/N-ethyl adjacent to an activating group) is 1. The molecule has 1 amide bonds. The van der Waals surface area contributed by atoms with Crippen LogP contribution in [0.1, 0.15) is 30.3 Å². The number of fused-ring (bicyclic) bond motifs is 3. The minimum Gasteiger partial charge on any atom is -0.480 e. The molecule has 1 aromatic carbocycles. The van der Waals surface area contributed by atoms with Crippen LogP contribution in [-0.2, 0) is 16.0 Å². The fourth-order valence-electron chi connectivity index (χ4n) is 3.13. The van der Waals surface area contributed by atoms with Crippen molar-refractivity contribution in [2.24, 2.45) is 0 Å². The van der Waals surface area contributed by atoms with Crippen molar-refractivity contribution in [2.45, 2.75) is 39.7 Å². The molecular formula is C19H22N4O3. The van der Waals surface area contributed by atoms with Crippen LogP contribution in [0.25, 0.3) is 16.6 Å². The third-order valence-electron chi connectivity index (χ3n) is 4.94. The standard InChI is InChI=1S/C19H22N4O3/c1-11-14(9-10-17(24)22(4)13(3)19(25)26)12(2)23-18(20-11)15-7-5-6-8-16(15)21-23/h5-8,13H,9-10H2,1-4H3,(H,25,26). The highest BCUT2D eigenvalue weighted by Crippen LogP contribution is 2.23. The first-order chi connectivity index (χ1) is 12.3. The number of carboxylic acid groups (broad SMARTS) is 1. The molecule has 3 aromatic rings. The number of benzene rings is 1. The van der Waals surface area contributed by atoms with E-state index >= 15 is 0 Å². The zero-order valence-corrected chi connectivity index (χ0v) is 15.4. The van der Waals surface area contributed by atoms with Crippen LogP contribution in [0.4, 0.5) is 0 Å². The minimum atomic E-state index is -1.01. The van der Waals surface area contributed by atoms with Crippen LogP contribution >= 0.6 is 0 Å². The summed E-state index contributed by atoms with van der Waals surface area (Å²) in [5, 5.41) is 14.7. The van der Waals surface area contributed by atoms with E-state index < -0.39 is 12.0 Å². The Balaban J connectivity index is 1.90. The highest BCUT2D eigenvalue weighted by atomic mass is 16.4. The molecule has 2 aromatic heterocycles. The Bertz CT molecular complexity index is 1010. The van der Waals surface area contributed by atoms with E-state index in [9.17, 15) is 9.59 Å². The van der Waals surface area contributed by atoms with Gasteiger partial charge in [-0.05, 0) is 44.9 Å². The topological polar surface area (TPSA) is 87.8 Å². The molecule has 1 atom stereocenters. The zero-order valence-electron chi connectivity index (χ0n) is 15.4. The number of rotatable bonds is 5. The summed E-state index contributed by atoms with van der Waals surface area (Å²) in [6, 6.07) is 7.00. The minimum absolute atomic E-state index is 0.204. The Morgan fingerprint density at radius 1 is 1.27 bits per heavy atom. The zero-order chi connectivity index (χ0) is 19.0. The van der Waals surface area contributed by atoms with Gasteiger partial charge in [-0.3, -0.25) is 4.79 Å². The Labute approximate surface area is 151 Å². The third-order valence-corrected chi connectivity index (χ3v) is 4.94. The molecular weight excluding hydrogens is 332 g/mol. The molecule has 0 aliphatic carbocycles. The SMILES string of the molecule is Cc1nc2c3ccccc3nn2c(C)c1CCC(=O)N(C)C(C)C(=O)O. The van der Waals surface area contributed by atoms with E-state index in [1.54, 1.807) is 0 Å². The van der Waals surface area contributed by atoms with Gasteiger partial charge in [-0.1, -0.05) is 12.1 Å². The van der Waals surface area contributed by atoms with Crippen molar-refractivity contribution in [3.63, 3.8) is 0 Å². The fraction of sp³-hybridized carbons (Fsp3) is 0.368. The number of carboxylic acids is 1. The lowest BCUT2D eigenvalue weighted by molar-refractivity contribution is -0.148. The van der Waals surface area contributed by atoms with Gasteiger partial charge >= 0.3 is 5.97 Å². The largest absolute Gasteiger partial charge is 0.480 e. The summed E-state index contributed by atoms with van der Waals surface area (Å²) in [5.74, 6) is -1.22. The molecule has 0 saturated heterocycles. The smallest absolute Gasteiger partial charge is 0.326 e. The van der Waals surface area contributed by atoms with Crippen molar-refractivity contribution < 1.29 is 14.7 Å². The van der Waals surface area contributed by atoms with E-state index in [-0.39, 0.29) is 12.3 Å². The van der Waals surface area contributed by atoms with Crippen molar-refractivity contribution in [3.05, 3.63) is 41.2 Å². The molecule has 0 bridgehead atoms. The van der Waals surface area contributed by atoms with Crippen molar-refractivity contribution in [1.29, 1.82) is 0 Å². The number of hydrogen-bond acceptors (Lipinski definition) is 4. The number of carbonyl (C=O) groups excluding carboxylic acids is 1. The average Bonchev–Trinajstić information content (AvgIpc) is 2.98. The summed E-state index contributed by atoms with van der Waals surface area (Å²) in [7, 11) is 1.52. The molecule has 0 radical (unpaired) electrons. The summed E-state index contributed by atoms with van der Waals surface area (Å²) in [4.78, 5) is 29.3. The van der Waals surface area contributed by atoms with Crippen LogP contribution in [0, 0.1) is 13.8 Å². The van der Waals surface area contributed by atoms with Crippen LogP contribution in [-0.4, -0.2) is 49.6 Å². The Morgan fingerprint density at radius 3 is 2.65 bits per heavy atom. The first-order valence-corrected chi connectivity index (χ1v) is 8.53. The number of hydrogen-bond donors (Lipinski definition) is 1. The van der Waals surface area contributed by atoms with E-state index in [4.69, 9.17) is 10.1 Å². The molecule has 0 spiro atoms. The number of carbonyl (C=O) groups is 2. The molecule has 26 heavy (non-hydrogen) atoms. The van der Waals surface area contributed by atoms with Crippen molar-refractivity contribution >= 4 is 28.4 Å². The molecule has 1 N–H and O–H groups in total. The second-order valence-corrected chi connectivity index (χ2v) is 6.53. The maximum Gasteiger partial charge on any atom is 0.326 e. The first kappa shape index (κ1) is 17.8. The maximum absolute atomic E-state index is 12.3. The van der Waals surface area contributed by atoms with Crippen LogP contribution in [0.15, 0.2) is 24.3 Å². The van der Waals surface area contributed by atoms with E-state index in [1.165, 1.54) is 18.9 Å². The highest BCUT2D eigenvalue weighted by Gasteiger charge is 2.22. The number of aryl methyl sites for hydroxylation is 2. The Hall–Kier alpha value is -2.96. The molecule has 0 fully saturated rings. The van der Waals surface area contributed by atoms with Gasteiger partial charge in [-0.15, -0.1) is 0 Å². The summed E-state index contributed by atoms with van der Waals surface area (Å²) in [5.41, 5.74) is 4.47. The summed E-state index contributed by atoms with van der Waals surface area (Å²) >= 11 is 0. The van der Waals surface area contributed by atoms with Gasteiger partial charge in [-0.2, -0.15) is 5.10 Å². The molecule has 136 valence electrons. The third kappa shape index (κ3) is 3.00. The van der Waals surface area contributed by atoms with Gasteiger partial charge in [0.2, 0.25) is 5.91 Å². The summed E-state index contributed by atoms with van der Waals surface area (Å²) in [6.45, 7) is 5.40. The number of amides is 1. The molecule has 0 aliphatic rings. The molecule has 2 heterocycles. The summed E-state index contributed by atoms with van der Waals surface area (Å²) in [6.07, 6.45) is 0.718. The first-order valence-electron chi connectivity index (χ1n) is 8.53. The molecule has 0 aliphatic heterocycles. The van der Waals surface area contributed by atoms with Crippen LogP contribution in [0.3, 0.4) is 0 Å². The van der Waals surface area contributed by atoms with Crippen molar-refractivity contribution in [1.82, 2.24) is 19.5 Å². The van der Waals surface area contributed by atoms with Crippen LogP contribution < -0.4 is 0 Å². The van der Waals surface area contributed by atoms with Crippen molar-refractivity contribution in [3.8, 4) is 0 Å². The molecule has 7 nitrogen and oxygen atoms in total. The summed E-state index contributed by atoms with van der Waals surface area (Å²) < 4.78 is 1.82. The predicted molar refractivity (Wildman–Crippen MR) is 98.2 cm³/mol.